The normalized spacial score (nSPS) is 12.8. The van der Waals surface area contributed by atoms with Crippen LogP contribution >= 0.6 is 0 Å². The van der Waals surface area contributed by atoms with Crippen molar-refractivity contribution in [2.75, 3.05) is 18.5 Å². The molecule has 0 bridgehead atoms. The van der Waals surface area contributed by atoms with Crippen LogP contribution in [0.25, 0.3) is 0 Å². The van der Waals surface area contributed by atoms with Crippen LogP contribution in [-0.4, -0.2) is 24.6 Å². The molecule has 0 aliphatic rings. The van der Waals surface area contributed by atoms with Crippen LogP contribution in [0.1, 0.15) is 19.8 Å². The molecule has 1 rings (SSSR count). The summed E-state index contributed by atoms with van der Waals surface area (Å²) in [4.78, 5) is 5.38. The lowest BCUT2D eigenvalue weighted by Gasteiger charge is -2.17. The standard InChI is InChI=1S/C10H19N3/c1-9(11)5-4-8-13(2)10-6-3-7-12-10/h3,6-7,9,12H,4-5,8,11H2,1-2H3. The number of H-pyrrole nitrogens is 1. The van der Waals surface area contributed by atoms with Crippen LogP contribution in [0.5, 0.6) is 0 Å². The fraction of sp³-hybridized carbons (Fsp3) is 0.600. The van der Waals surface area contributed by atoms with E-state index in [-0.39, 0.29) is 0 Å². The van der Waals surface area contributed by atoms with E-state index >= 15 is 0 Å². The zero-order valence-corrected chi connectivity index (χ0v) is 8.46. The van der Waals surface area contributed by atoms with Crippen LogP contribution < -0.4 is 10.6 Å². The van der Waals surface area contributed by atoms with E-state index < -0.39 is 0 Å². The minimum atomic E-state index is 0.317. The third-order valence-corrected chi connectivity index (χ3v) is 2.15. The van der Waals surface area contributed by atoms with E-state index in [1.807, 2.05) is 12.3 Å². The molecule has 1 unspecified atom stereocenters. The molecule has 0 aliphatic carbocycles. The molecule has 1 aromatic heterocycles. The van der Waals surface area contributed by atoms with E-state index in [2.05, 4.69) is 29.9 Å². The van der Waals surface area contributed by atoms with Gasteiger partial charge in [-0.25, -0.2) is 0 Å². The van der Waals surface area contributed by atoms with Crippen molar-refractivity contribution in [1.29, 1.82) is 0 Å². The van der Waals surface area contributed by atoms with Crippen molar-refractivity contribution >= 4 is 5.82 Å². The second-order valence-electron chi connectivity index (χ2n) is 3.60. The Morgan fingerprint density at radius 1 is 1.62 bits per heavy atom. The molecule has 1 heterocycles. The molecule has 1 aromatic rings. The van der Waals surface area contributed by atoms with E-state index in [1.54, 1.807) is 0 Å². The second-order valence-corrected chi connectivity index (χ2v) is 3.60. The van der Waals surface area contributed by atoms with Gasteiger partial charge in [0.25, 0.3) is 0 Å². The molecule has 0 amide bonds. The number of rotatable bonds is 5. The first-order valence-corrected chi connectivity index (χ1v) is 4.80. The SMILES string of the molecule is CC(N)CCCN(C)c1ccc[nH]1. The predicted molar refractivity (Wildman–Crippen MR) is 56.9 cm³/mol. The highest BCUT2D eigenvalue weighted by molar-refractivity contribution is 5.36. The first-order valence-electron chi connectivity index (χ1n) is 4.80. The van der Waals surface area contributed by atoms with Crippen LogP contribution in [0.3, 0.4) is 0 Å². The largest absolute Gasteiger partial charge is 0.361 e. The van der Waals surface area contributed by atoms with Crippen molar-refractivity contribution in [2.24, 2.45) is 5.73 Å². The molecule has 0 spiro atoms. The van der Waals surface area contributed by atoms with E-state index in [9.17, 15) is 0 Å². The van der Waals surface area contributed by atoms with Gasteiger partial charge < -0.3 is 15.6 Å². The van der Waals surface area contributed by atoms with E-state index in [4.69, 9.17) is 5.73 Å². The van der Waals surface area contributed by atoms with Crippen molar-refractivity contribution in [1.82, 2.24) is 4.98 Å². The summed E-state index contributed by atoms with van der Waals surface area (Å²) in [6.07, 6.45) is 4.18. The monoisotopic (exact) mass is 181 g/mol. The molecule has 0 radical (unpaired) electrons. The van der Waals surface area contributed by atoms with Crippen LogP contribution in [0.4, 0.5) is 5.82 Å². The van der Waals surface area contributed by atoms with Gasteiger partial charge in [-0.05, 0) is 31.9 Å². The summed E-state index contributed by atoms with van der Waals surface area (Å²) < 4.78 is 0. The minimum Gasteiger partial charge on any atom is -0.361 e. The van der Waals surface area contributed by atoms with Gasteiger partial charge in [-0.1, -0.05) is 0 Å². The Bertz CT molecular complexity index is 216. The lowest BCUT2D eigenvalue weighted by atomic mass is 10.2. The molecular formula is C10H19N3. The summed E-state index contributed by atoms with van der Waals surface area (Å²) >= 11 is 0. The van der Waals surface area contributed by atoms with E-state index in [0.717, 1.165) is 19.4 Å². The number of anilines is 1. The maximum atomic E-state index is 5.67. The summed E-state index contributed by atoms with van der Waals surface area (Å²) in [5, 5.41) is 0. The Hall–Kier alpha value is -0.960. The average Bonchev–Trinajstić information content (AvgIpc) is 2.55. The molecular weight excluding hydrogens is 162 g/mol. The second kappa shape index (κ2) is 4.92. The zero-order chi connectivity index (χ0) is 9.68. The van der Waals surface area contributed by atoms with Gasteiger partial charge in [-0.15, -0.1) is 0 Å². The number of nitrogens with zero attached hydrogens (tertiary/aromatic N) is 1. The van der Waals surface area contributed by atoms with Crippen molar-refractivity contribution < 1.29 is 0 Å². The molecule has 0 saturated heterocycles. The highest BCUT2D eigenvalue weighted by atomic mass is 15.2. The third kappa shape index (κ3) is 3.51. The molecule has 3 N–H and O–H groups in total. The summed E-state index contributed by atoms with van der Waals surface area (Å²) in [5.41, 5.74) is 5.67. The van der Waals surface area contributed by atoms with E-state index in [0.29, 0.717) is 6.04 Å². The number of aromatic amines is 1. The lowest BCUT2D eigenvalue weighted by molar-refractivity contribution is 0.620. The molecule has 3 heteroatoms. The minimum absolute atomic E-state index is 0.317. The van der Waals surface area contributed by atoms with Crippen molar-refractivity contribution in [3.05, 3.63) is 18.3 Å². The zero-order valence-electron chi connectivity index (χ0n) is 8.46. The molecule has 13 heavy (non-hydrogen) atoms. The quantitative estimate of drug-likeness (QED) is 0.724. The molecule has 1 atom stereocenters. The van der Waals surface area contributed by atoms with Crippen molar-refractivity contribution in [2.45, 2.75) is 25.8 Å². The van der Waals surface area contributed by atoms with Gasteiger partial charge in [0, 0.05) is 25.8 Å². The van der Waals surface area contributed by atoms with E-state index in [1.165, 1.54) is 5.82 Å². The van der Waals surface area contributed by atoms with Crippen molar-refractivity contribution in [3.63, 3.8) is 0 Å². The fourth-order valence-corrected chi connectivity index (χ4v) is 1.33. The molecule has 0 aromatic carbocycles. The van der Waals surface area contributed by atoms with Crippen LogP contribution in [0, 0.1) is 0 Å². The Morgan fingerprint density at radius 2 is 2.38 bits per heavy atom. The molecule has 3 nitrogen and oxygen atoms in total. The van der Waals surface area contributed by atoms with Gasteiger partial charge in [-0.3, -0.25) is 0 Å². The summed E-state index contributed by atoms with van der Waals surface area (Å²) in [6, 6.07) is 4.40. The topological polar surface area (TPSA) is 45.0 Å². The Labute approximate surface area is 79.9 Å². The first kappa shape index (κ1) is 10.1. The first-order chi connectivity index (χ1) is 6.20. The van der Waals surface area contributed by atoms with Gasteiger partial charge in [-0.2, -0.15) is 0 Å². The Morgan fingerprint density at radius 3 is 2.92 bits per heavy atom. The highest BCUT2D eigenvalue weighted by Gasteiger charge is 2.01. The predicted octanol–water partition coefficient (Wildman–Crippen LogP) is 1.58. The van der Waals surface area contributed by atoms with Crippen LogP contribution in [0.2, 0.25) is 0 Å². The Balaban J connectivity index is 2.22. The number of aromatic nitrogens is 1. The maximum Gasteiger partial charge on any atom is 0.105 e. The summed E-state index contributed by atoms with van der Waals surface area (Å²) in [6.45, 7) is 3.11. The third-order valence-electron chi connectivity index (χ3n) is 2.15. The van der Waals surface area contributed by atoms with Gasteiger partial charge in [0.1, 0.15) is 5.82 Å². The Kier molecular flexibility index (Phi) is 3.83. The molecule has 0 fully saturated rings. The number of nitrogens with two attached hydrogens (primary N) is 1. The van der Waals surface area contributed by atoms with Gasteiger partial charge in [0.2, 0.25) is 0 Å². The van der Waals surface area contributed by atoms with Crippen LogP contribution in [0.15, 0.2) is 18.3 Å². The average molecular weight is 181 g/mol. The lowest BCUT2D eigenvalue weighted by Crippen LogP contribution is -2.22. The highest BCUT2D eigenvalue weighted by Crippen LogP contribution is 2.08. The summed E-state index contributed by atoms with van der Waals surface area (Å²) in [7, 11) is 2.09. The number of hydrogen-bond acceptors (Lipinski definition) is 2. The number of nitrogens with one attached hydrogen (secondary N) is 1. The smallest absolute Gasteiger partial charge is 0.105 e. The number of hydrogen-bond donors (Lipinski definition) is 2. The molecule has 0 aliphatic heterocycles. The molecule has 0 saturated carbocycles. The van der Waals surface area contributed by atoms with Crippen molar-refractivity contribution in [3.8, 4) is 0 Å². The van der Waals surface area contributed by atoms with Gasteiger partial charge in [0.15, 0.2) is 0 Å². The molecule has 74 valence electrons. The van der Waals surface area contributed by atoms with Crippen LogP contribution in [-0.2, 0) is 0 Å². The van der Waals surface area contributed by atoms with Gasteiger partial charge >= 0.3 is 0 Å². The van der Waals surface area contributed by atoms with Gasteiger partial charge in [0.05, 0.1) is 0 Å². The summed E-state index contributed by atoms with van der Waals surface area (Å²) in [5.74, 6) is 1.17. The maximum absolute atomic E-state index is 5.67. The fourth-order valence-electron chi connectivity index (χ4n) is 1.33.